The minimum atomic E-state index is -0.736. The van der Waals surface area contributed by atoms with Crippen molar-refractivity contribution in [2.24, 2.45) is 0 Å². The van der Waals surface area contributed by atoms with Crippen molar-refractivity contribution in [3.63, 3.8) is 0 Å². The fourth-order valence-corrected chi connectivity index (χ4v) is 9.25. The Morgan fingerprint density at radius 3 is 2.07 bits per heavy atom. The Balaban J connectivity index is 0.00000672. The Kier molecular flexibility index (Phi) is 10.7. The molecule has 0 fully saturated rings. The number of imidazole rings is 1. The molecule has 3 aromatic heterocycles. The van der Waals surface area contributed by atoms with Crippen molar-refractivity contribution in [2.75, 3.05) is 0 Å². The van der Waals surface area contributed by atoms with Crippen LogP contribution in [0.3, 0.4) is 0 Å². The molecule has 5 nitrogen and oxygen atoms in total. The zero-order valence-electron chi connectivity index (χ0n) is 46.1. The van der Waals surface area contributed by atoms with Gasteiger partial charge >= 0.3 is 0 Å². The van der Waals surface area contributed by atoms with Crippen LogP contribution < -0.4 is 9.30 Å². The van der Waals surface area contributed by atoms with Gasteiger partial charge in [-0.05, 0) is 110 Å². The molecule has 10 aromatic rings. The van der Waals surface area contributed by atoms with Crippen molar-refractivity contribution in [2.45, 2.75) is 91.9 Å². The predicted octanol–water partition coefficient (Wildman–Crippen LogP) is 15.7. The zero-order chi connectivity index (χ0) is 51.9. The Morgan fingerprint density at radius 2 is 1.35 bits per heavy atom. The number of ether oxygens (including phenoxy) is 1. The third kappa shape index (κ3) is 8.63. The van der Waals surface area contributed by atoms with Crippen LogP contribution in [-0.4, -0.2) is 14.1 Å². The minimum Gasteiger partial charge on any atom is -0.510 e. The van der Waals surface area contributed by atoms with Crippen LogP contribution in [-0.2, 0) is 31.9 Å². The van der Waals surface area contributed by atoms with E-state index < -0.39 is 24.0 Å². The molecule has 344 valence electrons. The molecule has 0 aliphatic carbocycles. The van der Waals surface area contributed by atoms with E-state index in [0.29, 0.717) is 47.1 Å². The van der Waals surface area contributed by atoms with Crippen molar-refractivity contribution in [1.82, 2.24) is 14.1 Å². The molecule has 10 rings (SSSR count). The number of aromatic nitrogens is 4. The first-order chi connectivity index (χ1) is 34.7. The molecule has 0 bridgehead atoms. The number of hydrogen-bond acceptors (Lipinski definition) is 2. The summed E-state index contributed by atoms with van der Waals surface area (Å²) in [6, 6.07) is 45.7. The third-order valence-corrected chi connectivity index (χ3v) is 12.9. The van der Waals surface area contributed by atoms with Crippen LogP contribution in [0.25, 0.3) is 72.3 Å². The molecule has 7 aromatic carbocycles. The molecule has 0 N–H and O–H groups in total. The Bertz CT molecular complexity index is 3760. The van der Waals surface area contributed by atoms with Gasteiger partial charge in [0.2, 0.25) is 0 Å². The van der Waals surface area contributed by atoms with Gasteiger partial charge in [-0.25, -0.2) is 4.98 Å². The topological polar surface area (TPSA) is 35.9 Å². The molecule has 0 radical (unpaired) electrons. The summed E-state index contributed by atoms with van der Waals surface area (Å²) in [5.41, 5.74) is 10.7. The maximum Gasteiger partial charge on any atom is 0.268 e. The first-order valence-corrected chi connectivity index (χ1v) is 23.2. The second kappa shape index (κ2) is 18.5. The van der Waals surface area contributed by atoms with Gasteiger partial charge in [-0.1, -0.05) is 164 Å². The monoisotopic (exact) mass is 1080 g/mol. The van der Waals surface area contributed by atoms with Crippen LogP contribution >= 0.6 is 0 Å². The van der Waals surface area contributed by atoms with Crippen LogP contribution in [0, 0.1) is 25.4 Å². The van der Waals surface area contributed by atoms with Crippen molar-refractivity contribution >= 4 is 32.8 Å². The number of nitrogens with zero attached hydrogens (tertiary/aromatic N) is 4. The first kappa shape index (κ1) is 39.4. The Morgan fingerprint density at radius 1 is 0.691 bits per heavy atom. The van der Waals surface area contributed by atoms with E-state index >= 15 is 0 Å². The number of hydrogen-bond donors (Lipinski definition) is 0. The van der Waals surface area contributed by atoms with Crippen LogP contribution in [0.2, 0.25) is 0 Å². The minimum absolute atomic E-state index is 0. The number of benzene rings is 7. The van der Waals surface area contributed by atoms with Crippen molar-refractivity contribution in [3.8, 4) is 50.9 Å². The van der Waals surface area contributed by atoms with Crippen LogP contribution in [0.1, 0.15) is 105 Å². The molecule has 0 atom stereocenters. The Labute approximate surface area is 424 Å². The summed E-state index contributed by atoms with van der Waals surface area (Å²) in [5, 5.41) is 2.04. The normalized spacial score (nSPS) is 13.4. The number of pyridine rings is 1. The van der Waals surface area contributed by atoms with Gasteiger partial charge < -0.3 is 13.9 Å². The van der Waals surface area contributed by atoms with Crippen molar-refractivity contribution < 1.29 is 38.6 Å². The van der Waals surface area contributed by atoms with Crippen molar-refractivity contribution in [3.05, 3.63) is 198 Å². The van der Waals surface area contributed by atoms with Gasteiger partial charge in [0.05, 0.1) is 23.6 Å². The summed E-state index contributed by atoms with van der Waals surface area (Å²) in [5.74, 6) is 0.898. The summed E-state index contributed by atoms with van der Waals surface area (Å²) in [6.45, 7) is 19.4. The molecular weight excluding hydrogens is 1010 g/mol. The van der Waals surface area contributed by atoms with Crippen LogP contribution in [0.4, 0.5) is 0 Å². The summed E-state index contributed by atoms with van der Waals surface area (Å²) >= 11 is 0. The summed E-state index contributed by atoms with van der Waals surface area (Å²) in [6.07, 6.45) is 6.84. The molecule has 0 aliphatic heterocycles. The smallest absolute Gasteiger partial charge is 0.268 e. The quantitative estimate of drug-likeness (QED) is 0.101. The fourth-order valence-electron chi connectivity index (χ4n) is 9.25. The molecule has 6 heteroatoms. The molecule has 0 spiro atoms. The molecule has 0 saturated carbocycles. The molecule has 3 heterocycles. The van der Waals surface area contributed by atoms with E-state index in [2.05, 4.69) is 109 Å². The largest absolute Gasteiger partial charge is 0.510 e. The SMILES string of the molecule is [2H]c1c([2H])c([2H])c(-c2cccc(-c3cc(C(C)(C)C)cc(C(C)(C)C)c3)c2-[n+]2[c-]n(-c3[c-]c(Oc4[c-]c5c(cc4)c4ccccc4n5-c4cc(C([2H])(CC)CC)ccn4)ccc3)c3cccc(C)c32)c([2H])c1[2H].[Pt]. The van der Waals surface area contributed by atoms with E-state index in [0.717, 1.165) is 66.2 Å². The number of fused-ring (bicyclic) bond motifs is 4. The average molecular weight is 1080 g/mol. The molecule has 0 saturated heterocycles. The van der Waals surface area contributed by atoms with Gasteiger partial charge in [0.1, 0.15) is 5.82 Å². The predicted molar refractivity (Wildman–Crippen MR) is 276 cm³/mol. The van der Waals surface area contributed by atoms with Gasteiger partial charge in [-0.3, -0.25) is 4.57 Å². The molecule has 0 amide bonds. The molecule has 0 unspecified atom stereocenters. The van der Waals surface area contributed by atoms with E-state index in [-0.39, 0.29) is 49.5 Å². The van der Waals surface area contributed by atoms with Gasteiger partial charge in [0, 0.05) is 45.6 Å². The standard InChI is InChI=1S/C62H58N4O.Pt/c1-10-42(11-2)44-32-33-63-58(36-44)66-55-28-16-15-25-53(55)54-31-30-50(39-57(54)66)67-49-24-18-23-48(38-49)64-40-65(59-41(3)20-17-29-56(59)64)60-51(43-21-13-12-14-22-43)26-19-27-52(60)45-34-46(61(4,5)6)37-47(35-45)62(7,8)9;/h12-37,42H,10-11H2,1-9H3;/q-2;/i12D,13D,14D,21D,22D,42D;. The summed E-state index contributed by atoms with van der Waals surface area (Å²) in [4.78, 5) is 4.83. The second-order valence-corrected chi connectivity index (χ2v) is 19.4. The van der Waals surface area contributed by atoms with Gasteiger partial charge in [0.15, 0.2) is 0 Å². The number of rotatable bonds is 10. The molecule has 0 aliphatic rings. The summed E-state index contributed by atoms with van der Waals surface area (Å²) < 4.78 is 66.4. The fraction of sp³-hybridized carbons (Fsp3) is 0.226. The average Bonchev–Trinajstić information content (AvgIpc) is 3.93. The number of para-hydroxylation sites is 3. The maximum atomic E-state index is 9.24. The van der Waals surface area contributed by atoms with Crippen LogP contribution in [0.15, 0.2) is 158 Å². The first-order valence-electron chi connectivity index (χ1n) is 26.2. The van der Waals surface area contributed by atoms with E-state index in [9.17, 15) is 4.11 Å². The van der Waals surface area contributed by atoms with Crippen molar-refractivity contribution in [1.29, 1.82) is 0 Å². The number of aryl methyl sites for hydroxylation is 1. The van der Waals surface area contributed by atoms with Gasteiger partial charge in [-0.2, -0.15) is 18.2 Å². The molecular formula is C62H58N4OPt-2. The Hall–Kier alpha value is -6.55. The summed E-state index contributed by atoms with van der Waals surface area (Å²) in [7, 11) is 0. The van der Waals surface area contributed by atoms with E-state index in [1.165, 1.54) is 0 Å². The van der Waals surface area contributed by atoms with Gasteiger partial charge in [0.25, 0.3) is 6.33 Å². The van der Waals surface area contributed by atoms with Gasteiger partial charge in [-0.15, -0.1) is 29.7 Å². The van der Waals surface area contributed by atoms with E-state index in [1.54, 1.807) is 6.20 Å². The van der Waals surface area contributed by atoms with E-state index in [1.807, 2.05) is 107 Å². The third-order valence-electron chi connectivity index (χ3n) is 12.9. The van der Waals surface area contributed by atoms with Crippen LogP contribution in [0.5, 0.6) is 11.5 Å². The maximum absolute atomic E-state index is 9.24. The second-order valence-electron chi connectivity index (χ2n) is 19.4. The zero-order valence-corrected chi connectivity index (χ0v) is 42.3. The van der Waals surface area contributed by atoms with E-state index in [4.69, 9.17) is 13.8 Å². The molecule has 68 heavy (non-hydrogen) atoms.